The molecular formula is C8H15ClO3. The summed E-state index contributed by atoms with van der Waals surface area (Å²) in [5.41, 5.74) is 0. The molecule has 0 aromatic rings. The van der Waals surface area contributed by atoms with Crippen LogP contribution < -0.4 is 0 Å². The molecule has 4 heteroatoms. The lowest BCUT2D eigenvalue weighted by Crippen LogP contribution is -2.35. The van der Waals surface area contributed by atoms with E-state index in [9.17, 15) is 9.90 Å². The van der Waals surface area contributed by atoms with Crippen LogP contribution in [0, 0.1) is 5.92 Å². The Morgan fingerprint density at radius 3 is 2.42 bits per heavy atom. The molecule has 0 fully saturated rings. The topological polar surface area (TPSA) is 46.5 Å². The zero-order chi connectivity index (χ0) is 9.72. The highest BCUT2D eigenvalue weighted by atomic mass is 35.5. The quantitative estimate of drug-likeness (QED) is 0.540. The Hall–Kier alpha value is -0.280. The lowest BCUT2D eigenvalue weighted by atomic mass is 10.1. The van der Waals surface area contributed by atoms with Crippen molar-refractivity contribution < 1.29 is 14.6 Å². The number of rotatable bonds is 4. The molecule has 0 aliphatic carbocycles. The molecule has 3 nitrogen and oxygen atoms in total. The van der Waals surface area contributed by atoms with E-state index in [-0.39, 0.29) is 12.5 Å². The highest BCUT2D eigenvalue weighted by molar-refractivity contribution is 6.22. The first kappa shape index (κ1) is 11.7. The van der Waals surface area contributed by atoms with Gasteiger partial charge in [0.2, 0.25) is 0 Å². The molecule has 0 aromatic carbocycles. The molecule has 0 bridgehead atoms. The highest BCUT2D eigenvalue weighted by Crippen LogP contribution is 2.14. The number of aliphatic hydroxyl groups excluding tert-OH is 1. The first-order chi connectivity index (χ1) is 5.50. The maximum Gasteiger partial charge on any atom is 0.336 e. The van der Waals surface area contributed by atoms with Crippen molar-refractivity contribution in [2.24, 2.45) is 5.92 Å². The van der Waals surface area contributed by atoms with E-state index < -0.39 is 17.5 Å². The Bertz CT molecular complexity index is 147. The molecule has 0 unspecified atom stereocenters. The number of halogens is 1. The van der Waals surface area contributed by atoms with Gasteiger partial charge in [-0.1, -0.05) is 13.8 Å². The minimum Gasteiger partial charge on any atom is -0.464 e. The number of carbonyl (C=O) groups excluding carboxylic acids is 1. The van der Waals surface area contributed by atoms with Crippen LogP contribution in [0.4, 0.5) is 0 Å². The van der Waals surface area contributed by atoms with Gasteiger partial charge >= 0.3 is 5.97 Å². The number of alkyl halides is 1. The molecule has 0 aliphatic rings. The molecule has 12 heavy (non-hydrogen) atoms. The maximum atomic E-state index is 10.9. The predicted molar refractivity (Wildman–Crippen MR) is 47.1 cm³/mol. The number of ether oxygens (including phenoxy) is 1. The maximum absolute atomic E-state index is 10.9. The van der Waals surface area contributed by atoms with Crippen LogP contribution in [0.1, 0.15) is 20.8 Å². The summed E-state index contributed by atoms with van der Waals surface area (Å²) >= 11 is 5.75. The lowest BCUT2D eigenvalue weighted by Gasteiger charge is -2.18. The van der Waals surface area contributed by atoms with Crippen molar-refractivity contribution in [3.8, 4) is 0 Å². The van der Waals surface area contributed by atoms with Gasteiger partial charge in [-0.25, -0.2) is 4.79 Å². The van der Waals surface area contributed by atoms with Gasteiger partial charge in [0.1, 0.15) is 0 Å². The van der Waals surface area contributed by atoms with Gasteiger partial charge in [0, 0.05) is 0 Å². The van der Waals surface area contributed by atoms with E-state index in [2.05, 4.69) is 4.74 Å². The van der Waals surface area contributed by atoms with Crippen LogP contribution in [-0.4, -0.2) is 29.2 Å². The summed E-state index contributed by atoms with van der Waals surface area (Å²) in [6, 6.07) is 0. The minimum atomic E-state index is -1.22. The first-order valence-corrected chi connectivity index (χ1v) is 4.43. The second-order valence-corrected chi connectivity index (χ2v) is 3.39. The normalized spacial score (nSPS) is 15.8. The zero-order valence-electron chi connectivity index (χ0n) is 7.58. The van der Waals surface area contributed by atoms with Crippen molar-refractivity contribution >= 4 is 17.6 Å². The summed E-state index contributed by atoms with van der Waals surface area (Å²) in [6.07, 6.45) is -1.22. The van der Waals surface area contributed by atoms with Crippen LogP contribution in [0.3, 0.4) is 0 Å². The Labute approximate surface area is 77.7 Å². The third-order valence-electron chi connectivity index (χ3n) is 1.47. The van der Waals surface area contributed by atoms with Gasteiger partial charge in [0.25, 0.3) is 0 Å². The van der Waals surface area contributed by atoms with Gasteiger partial charge in [-0.3, -0.25) is 0 Å². The largest absolute Gasteiger partial charge is 0.464 e. The number of aliphatic hydroxyl groups is 1. The van der Waals surface area contributed by atoms with Crippen molar-refractivity contribution in [1.82, 2.24) is 0 Å². The standard InChI is InChI=1S/C8H15ClO3/c1-4-12-8(11)7(10)6(9)5(2)3/h5-7,10H,4H2,1-3H3/t6-,7-/m1/s1. The molecule has 0 heterocycles. The fourth-order valence-corrected chi connectivity index (χ4v) is 0.825. The van der Waals surface area contributed by atoms with E-state index in [0.29, 0.717) is 0 Å². The summed E-state index contributed by atoms with van der Waals surface area (Å²) in [5, 5.41) is 8.70. The van der Waals surface area contributed by atoms with Gasteiger partial charge in [0.15, 0.2) is 6.10 Å². The highest BCUT2D eigenvalue weighted by Gasteiger charge is 2.27. The molecule has 2 atom stereocenters. The molecule has 0 aromatic heterocycles. The molecule has 0 saturated carbocycles. The fourth-order valence-electron chi connectivity index (χ4n) is 0.722. The van der Waals surface area contributed by atoms with Crippen molar-refractivity contribution in [2.45, 2.75) is 32.3 Å². The van der Waals surface area contributed by atoms with Crippen molar-refractivity contribution in [1.29, 1.82) is 0 Å². The van der Waals surface area contributed by atoms with Crippen molar-refractivity contribution in [3.05, 3.63) is 0 Å². The SMILES string of the molecule is CCOC(=O)[C@H](O)[C@H](Cl)C(C)C. The molecule has 0 spiro atoms. The summed E-state index contributed by atoms with van der Waals surface area (Å²) < 4.78 is 4.60. The lowest BCUT2D eigenvalue weighted by molar-refractivity contribution is -0.153. The van der Waals surface area contributed by atoms with Crippen LogP contribution in [0.5, 0.6) is 0 Å². The second-order valence-electron chi connectivity index (χ2n) is 2.89. The minimum absolute atomic E-state index is 0.0473. The monoisotopic (exact) mass is 194 g/mol. The van der Waals surface area contributed by atoms with Crippen molar-refractivity contribution in [2.75, 3.05) is 6.61 Å². The van der Waals surface area contributed by atoms with Crippen LogP contribution in [-0.2, 0) is 9.53 Å². The summed E-state index contributed by atoms with van der Waals surface area (Å²) in [6.45, 7) is 5.61. The van der Waals surface area contributed by atoms with Crippen LogP contribution in [0.15, 0.2) is 0 Å². The van der Waals surface area contributed by atoms with E-state index in [0.717, 1.165) is 0 Å². The molecule has 72 valence electrons. The molecular weight excluding hydrogens is 180 g/mol. The van der Waals surface area contributed by atoms with E-state index in [4.69, 9.17) is 11.6 Å². The number of carbonyl (C=O) groups is 1. The first-order valence-electron chi connectivity index (χ1n) is 3.99. The van der Waals surface area contributed by atoms with Gasteiger partial charge in [-0.15, -0.1) is 11.6 Å². The third-order valence-corrected chi connectivity index (χ3v) is 2.21. The average molecular weight is 195 g/mol. The summed E-state index contributed by atoms with van der Waals surface area (Å²) in [4.78, 5) is 10.9. The Morgan fingerprint density at radius 1 is 1.58 bits per heavy atom. The molecule has 0 rings (SSSR count). The average Bonchev–Trinajstić information content (AvgIpc) is 2.02. The van der Waals surface area contributed by atoms with Crippen LogP contribution >= 0.6 is 11.6 Å². The zero-order valence-corrected chi connectivity index (χ0v) is 8.34. The third kappa shape index (κ3) is 3.41. The van der Waals surface area contributed by atoms with E-state index >= 15 is 0 Å². The van der Waals surface area contributed by atoms with Gasteiger partial charge in [-0.2, -0.15) is 0 Å². The summed E-state index contributed by atoms with van der Waals surface area (Å²) in [5.74, 6) is -0.600. The predicted octanol–water partition coefficient (Wildman–Crippen LogP) is 1.17. The Balaban J connectivity index is 4.00. The van der Waals surface area contributed by atoms with Crippen LogP contribution in [0.2, 0.25) is 0 Å². The second kappa shape index (κ2) is 5.38. The Kier molecular flexibility index (Phi) is 5.25. The van der Waals surface area contributed by atoms with E-state index in [1.165, 1.54) is 0 Å². The van der Waals surface area contributed by atoms with Gasteiger partial charge in [0.05, 0.1) is 12.0 Å². The number of hydrogen-bond donors (Lipinski definition) is 1. The number of esters is 1. The van der Waals surface area contributed by atoms with E-state index in [1.54, 1.807) is 6.92 Å². The Morgan fingerprint density at radius 2 is 2.08 bits per heavy atom. The van der Waals surface area contributed by atoms with E-state index in [1.807, 2.05) is 13.8 Å². The smallest absolute Gasteiger partial charge is 0.336 e. The molecule has 0 aliphatic heterocycles. The molecule has 0 amide bonds. The van der Waals surface area contributed by atoms with Gasteiger partial charge in [-0.05, 0) is 12.8 Å². The fraction of sp³-hybridized carbons (Fsp3) is 0.875. The van der Waals surface area contributed by atoms with Crippen LogP contribution in [0.25, 0.3) is 0 Å². The van der Waals surface area contributed by atoms with Gasteiger partial charge < -0.3 is 9.84 Å². The number of hydrogen-bond acceptors (Lipinski definition) is 3. The summed E-state index contributed by atoms with van der Waals surface area (Å²) in [7, 11) is 0. The molecule has 0 saturated heterocycles. The van der Waals surface area contributed by atoms with Crippen molar-refractivity contribution in [3.63, 3.8) is 0 Å². The molecule has 1 N–H and O–H groups in total. The molecule has 0 radical (unpaired) electrons.